The molecule has 100 valence electrons. The van der Waals surface area contributed by atoms with Gasteiger partial charge in [-0.05, 0) is 6.92 Å². The Labute approximate surface area is 102 Å². The summed E-state index contributed by atoms with van der Waals surface area (Å²) in [7, 11) is 0. The monoisotopic (exact) mass is 263 g/mol. The average Bonchev–Trinajstić information content (AvgIpc) is 2.57. The van der Waals surface area contributed by atoms with E-state index >= 15 is 0 Å². The molecule has 1 saturated heterocycles. The molecule has 0 unspecified atom stereocenters. The van der Waals surface area contributed by atoms with Gasteiger partial charge in [0, 0.05) is 13.0 Å². The summed E-state index contributed by atoms with van der Waals surface area (Å²) in [6, 6.07) is 0. The number of likely N-dealkylation sites (tertiary alicyclic amines) is 1. The number of carbonyl (C=O) groups is 2. The number of hydrogen-bond donors (Lipinski definition) is 0. The largest absolute Gasteiger partial charge is 0.449 e. The average molecular weight is 263 g/mol. The second-order valence-corrected chi connectivity index (χ2v) is 4.04. The van der Waals surface area contributed by atoms with E-state index < -0.39 is 36.6 Å². The molecule has 7 heteroatoms. The Morgan fingerprint density at radius 2 is 2.28 bits per heavy atom. The van der Waals surface area contributed by atoms with Crippen LogP contribution in [0.2, 0.25) is 0 Å². The fourth-order valence-corrected chi connectivity index (χ4v) is 1.60. The van der Waals surface area contributed by atoms with Crippen molar-refractivity contribution in [1.82, 2.24) is 4.90 Å². The fraction of sp³-hybridized carbons (Fsp3) is 0.636. The molecule has 2 atom stereocenters. The Hall–Kier alpha value is -1.71. The molecule has 0 aliphatic carbocycles. The first kappa shape index (κ1) is 14.4. The molecule has 0 saturated carbocycles. The van der Waals surface area contributed by atoms with Crippen LogP contribution in [0.3, 0.4) is 0 Å². The molecule has 1 aliphatic heterocycles. The third kappa shape index (κ3) is 3.95. The summed E-state index contributed by atoms with van der Waals surface area (Å²) in [5, 5.41) is 0. The molecule has 18 heavy (non-hydrogen) atoms. The highest BCUT2D eigenvalue weighted by molar-refractivity contribution is 5.86. The third-order valence-corrected chi connectivity index (χ3v) is 2.45. The van der Waals surface area contributed by atoms with Crippen LogP contribution in [0.25, 0.3) is 0 Å². The molecular formula is C11H12F3NO3. The molecule has 1 fully saturated rings. The number of esters is 1. The zero-order valence-electron chi connectivity index (χ0n) is 9.66. The Morgan fingerprint density at radius 3 is 2.78 bits per heavy atom. The number of amides is 1. The van der Waals surface area contributed by atoms with E-state index in [0.717, 1.165) is 0 Å². The smallest absolute Gasteiger partial charge is 0.406 e. The van der Waals surface area contributed by atoms with Crippen molar-refractivity contribution in [3.8, 4) is 12.3 Å². The van der Waals surface area contributed by atoms with Crippen LogP contribution in [0.4, 0.5) is 13.2 Å². The van der Waals surface area contributed by atoms with Crippen LogP contribution in [0.5, 0.6) is 0 Å². The Bertz CT molecular complexity index is 386. The van der Waals surface area contributed by atoms with Gasteiger partial charge in [-0.1, -0.05) is 5.92 Å². The van der Waals surface area contributed by atoms with Crippen molar-refractivity contribution in [3.05, 3.63) is 0 Å². The number of carbonyl (C=O) groups excluding carboxylic acids is 2. The molecule has 0 spiro atoms. The van der Waals surface area contributed by atoms with Crippen LogP contribution in [0, 0.1) is 18.3 Å². The highest BCUT2D eigenvalue weighted by Gasteiger charge is 2.41. The maximum Gasteiger partial charge on any atom is 0.406 e. The van der Waals surface area contributed by atoms with E-state index in [2.05, 4.69) is 5.92 Å². The van der Waals surface area contributed by atoms with E-state index in [0.29, 0.717) is 4.90 Å². The Kier molecular flexibility index (Phi) is 4.22. The number of halogens is 3. The van der Waals surface area contributed by atoms with E-state index in [1.54, 1.807) is 0 Å². The lowest BCUT2D eigenvalue weighted by molar-refractivity contribution is -0.158. The molecule has 4 nitrogen and oxygen atoms in total. The molecule has 0 aromatic rings. The summed E-state index contributed by atoms with van der Waals surface area (Å²) in [5.41, 5.74) is 0. The van der Waals surface area contributed by atoms with Crippen molar-refractivity contribution in [3.63, 3.8) is 0 Å². The maximum atomic E-state index is 12.1. The van der Waals surface area contributed by atoms with Crippen LogP contribution in [-0.2, 0) is 14.3 Å². The number of nitrogens with zero attached hydrogens (tertiary/aromatic N) is 1. The Morgan fingerprint density at radius 1 is 1.67 bits per heavy atom. The fourth-order valence-electron chi connectivity index (χ4n) is 1.60. The molecule has 1 heterocycles. The van der Waals surface area contributed by atoms with Crippen molar-refractivity contribution in [2.75, 3.05) is 13.1 Å². The first-order chi connectivity index (χ1) is 8.23. The van der Waals surface area contributed by atoms with Gasteiger partial charge < -0.3 is 9.64 Å². The number of alkyl halides is 3. The van der Waals surface area contributed by atoms with Gasteiger partial charge in [-0.15, -0.1) is 6.42 Å². The molecule has 0 bridgehead atoms. The van der Waals surface area contributed by atoms with Gasteiger partial charge in [0.1, 0.15) is 6.54 Å². The summed E-state index contributed by atoms with van der Waals surface area (Å²) in [6.07, 6.45) is -0.500. The molecule has 1 aliphatic rings. The zero-order valence-corrected chi connectivity index (χ0v) is 9.66. The van der Waals surface area contributed by atoms with Crippen LogP contribution >= 0.6 is 0 Å². The SMILES string of the molecule is C#C[C@@H](C)OC(=O)[C@H]1CC(=O)N(CC(F)(F)F)C1. The summed E-state index contributed by atoms with van der Waals surface area (Å²) >= 11 is 0. The highest BCUT2D eigenvalue weighted by atomic mass is 19.4. The summed E-state index contributed by atoms with van der Waals surface area (Å²) < 4.78 is 41.2. The molecule has 0 aromatic heterocycles. The van der Waals surface area contributed by atoms with E-state index in [1.807, 2.05) is 0 Å². The minimum absolute atomic E-state index is 0.272. The quantitative estimate of drug-likeness (QED) is 0.563. The lowest BCUT2D eigenvalue weighted by atomic mass is 10.1. The second kappa shape index (κ2) is 5.29. The summed E-state index contributed by atoms with van der Waals surface area (Å²) in [5.74, 6) is -0.164. The first-order valence-electron chi connectivity index (χ1n) is 5.24. The van der Waals surface area contributed by atoms with E-state index in [1.165, 1.54) is 6.92 Å². The lowest BCUT2D eigenvalue weighted by Crippen LogP contribution is -2.36. The minimum Gasteiger partial charge on any atom is -0.449 e. The number of rotatable bonds is 3. The van der Waals surface area contributed by atoms with Crippen LogP contribution in [-0.4, -0.2) is 42.1 Å². The second-order valence-electron chi connectivity index (χ2n) is 4.04. The van der Waals surface area contributed by atoms with Crippen molar-refractivity contribution in [1.29, 1.82) is 0 Å². The molecule has 0 N–H and O–H groups in total. The van der Waals surface area contributed by atoms with Gasteiger partial charge in [-0.25, -0.2) is 0 Å². The predicted octanol–water partition coefficient (Wildman–Crippen LogP) is 0.962. The number of terminal acetylenes is 1. The number of hydrogen-bond acceptors (Lipinski definition) is 3. The van der Waals surface area contributed by atoms with Gasteiger partial charge in [0.05, 0.1) is 5.92 Å². The zero-order chi connectivity index (χ0) is 13.9. The minimum atomic E-state index is -4.47. The van der Waals surface area contributed by atoms with E-state index in [9.17, 15) is 22.8 Å². The van der Waals surface area contributed by atoms with Crippen molar-refractivity contribution < 1.29 is 27.5 Å². The van der Waals surface area contributed by atoms with Crippen molar-refractivity contribution >= 4 is 11.9 Å². The maximum absolute atomic E-state index is 12.1. The van der Waals surface area contributed by atoms with Crippen molar-refractivity contribution in [2.45, 2.75) is 25.6 Å². The van der Waals surface area contributed by atoms with Crippen molar-refractivity contribution in [2.24, 2.45) is 5.92 Å². The van der Waals surface area contributed by atoms with Gasteiger partial charge in [-0.2, -0.15) is 13.2 Å². The standard InChI is InChI=1S/C11H12F3NO3/c1-3-7(2)18-10(17)8-4-9(16)15(5-8)6-11(12,13)14/h1,7-8H,4-6H2,2H3/t7-,8+/m1/s1. The van der Waals surface area contributed by atoms with Gasteiger partial charge in [0.25, 0.3) is 0 Å². The number of ether oxygens (including phenoxy) is 1. The van der Waals surface area contributed by atoms with Gasteiger partial charge in [0.2, 0.25) is 5.91 Å². The third-order valence-electron chi connectivity index (χ3n) is 2.45. The predicted molar refractivity (Wildman–Crippen MR) is 55.1 cm³/mol. The van der Waals surface area contributed by atoms with Gasteiger partial charge in [-0.3, -0.25) is 9.59 Å². The van der Waals surface area contributed by atoms with Crippen LogP contribution in [0.1, 0.15) is 13.3 Å². The summed E-state index contributed by atoms with van der Waals surface area (Å²) in [6.45, 7) is -0.170. The van der Waals surface area contributed by atoms with Crippen LogP contribution < -0.4 is 0 Å². The van der Waals surface area contributed by atoms with Crippen LogP contribution in [0.15, 0.2) is 0 Å². The van der Waals surface area contributed by atoms with E-state index in [-0.39, 0.29) is 13.0 Å². The molecule has 0 radical (unpaired) electrons. The van der Waals surface area contributed by atoms with Gasteiger partial charge >= 0.3 is 12.1 Å². The molecule has 1 amide bonds. The topological polar surface area (TPSA) is 46.6 Å². The normalized spacial score (nSPS) is 21.6. The first-order valence-corrected chi connectivity index (χ1v) is 5.24. The lowest BCUT2D eigenvalue weighted by Gasteiger charge is -2.18. The highest BCUT2D eigenvalue weighted by Crippen LogP contribution is 2.24. The van der Waals surface area contributed by atoms with E-state index in [4.69, 9.17) is 11.2 Å². The summed E-state index contributed by atoms with van der Waals surface area (Å²) in [4.78, 5) is 23.4. The molecule has 0 aromatic carbocycles. The van der Waals surface area contributed by atoms with Gasteiger partial charge in [0.15, 0.2) is 6.10 Å². The molecule has 1 rings (SSSR count). The Balaban J connectivity index is 2.56. The molecular weight excluding hydrogens is 251 g/mol.